The zero-order chi connectivity index (χ0) is 25.4. The van der Waals surface area contributed by atoms with Gasteiger partial charge in [-0.15, -0.1) is 0 Å². The quantitative estimate of drug-likeness (QED) is 0.464. The highest BCUT2D eigenvalue weighted by Crippen LogP contribution is 2.19. The van der Waals surface area contributed by atoms with E-state index in [4.69, 9.17) is 4.74 Å². The number of carbonyl (C=O) groups is 2. The van der Waals surface area contributed by atoms with Crippen LogP contribution in [0.1, 0.15) is 43.0 Å². The van der Waals surface area contributed by atoms with Crippen LogP contribution in [-0.2, 0) is 22.6 Å². The lowest BCUT2D eigenvalue weighted by Gasteiger charge is -2.34. The third-order valence-electron chi connectivity index (χ3n) is 5.65. The third-order valence-corrected chi connectivity index (χ3v) is 5.65. The molecule has 5 nitrogen and oxygen atoms in total. The highest BCUT2D eigenvalue weighted by molar-refractivity contribution is 5.89. The molecule has 0 fully saturated rings. The standard InChI is InChI=1S/C30H36N2O3/c1-22-12-11-16-25(18-22)20-32(28(33)21-35-27-17-10-9-13-23(27)2)26(29(34)31-30(3,4)5)19-24-14-7-6-8-15-24/h6-18,26H,19-21H2,1-5H3,(H,31,34)/t26-/m0/s1. The van der Waals surface area contributed by atoms with Gasteiger partial charge in [-0.25, -0.2) is 0 Å². The summed E-state index contributed by atoms with van der Waals surface area (Å²) in [6, 6.07) is 24.7. The first-order chi connectivity index (χ1) is 16.6. The molecule has 0 aliphatic carbocycles. The van der Waals surface area contributed by atoms with Gasteiger partial charge in [0, 0.05) is 18.5 Å². The van der Waals surface area contributed by atoms with Crippen molar-refractivity contribution in [2.45, 2.75) is 59.2 Å². The van der Waals surface area contributed by atoms with Gasteiger partial charge in [0.1, 0.15) is 11.8 Å². The second-order valence-corrected chi connectivity index (χ2v) is 10.0. The van der Waals surface area contributed by atoms with E-state index < -0.39 is 11.6 Å². The van der Waals surface area contributed by atoms with Gasteiger partial charge in [0.05, 0.1) is 0 Å². The van der Waals surface area contributed by atoms with E-state index in [1.165, 1.54) is 0 Å². The molecule has 3 aromatic rings. The lowest BCUT2D eigenvalue weighted by atomic mass is 10.0. The highest BCUT2D eigenvalue weighted by atomic mass is 16.5. The third kappa shape index (κ3) is 7.99. The SMILES string of the molecule is Cc1cccc(CN(C(=O)COc2ccccc2C)[C@@H](Cc2ccccc2)C(=O)NC(C)(C)C)c1. The first-order valence-corrected chi connectivity index (χ1v) is 12.0. The van der Waals surface area contributed by atoms with Crippen LogP contribution in [0.25, 0.3) is 0 Å². The van der Waals surface area contributed by atoms with E-state index in [-0.39, 0.29) is 18.4 Å². The van der Waals surface area contributed by atoms with Gasteiger partial charge in [-0.3, -0.25) is 9.59 Å². The fourth-order valence-electron chi connectivity index (χ4n) is 3.95. The second-order valence-electron chi connectivity index (χ2n) is 10.0. The van der Waals surface area contributed by atoms with Crippen molar-refractivity contribution >= 4 is 11.8 Å². The number of aryl methyl sites for hydroxylation is 2. The molecule has 35 heavy (non-hydrogen) atoms. The highest BCUT2D eigenvalue weighted by Gasteiger charge is 2.32. The molecule has 3 rings (SSSR count). The van der Waals surface area contributed by atoms with Crippen molar-refractivity contribution in [3.05, 3.63) is 101 Å². The molecule has 0 aliphatic heterocycles. The summed E-state index contributed by atoms with van der Waals surface area (Å²) in [5.41, 5.74) is 3.59. The second kappa shape index (κ2) is 11.7. The summed E-state index contributed by atoms with van der Waals surface area (Å²) >= 11 is 0. The fourth-order valence-corrected chi connectivity index (χ4v) is 3.95. The van der Waals surface area contributed by atoms with Gasteiger partial charge in [0.25, 0.3) is 5.91 Å². The topological polar surface area (TPSA) is 58.6 Å². The molecule has 0 spiro atoms. The van der Waals surface area contributed by atoms with Crippen LogP contribution in [0.3, 0.4) is 0 Å². The van der Waals surface area contributed by atoms with Gasteiger partial charge in [0.15, 0.2) is 6.61 Å². The van der Waals surface area contributed by atoms with Crippen LogP contribution in [0.2, 0.25) is 0 Å². The van der Waals surface area contributed by atoms with Crippen LogP contribution < -0.4 is 10.1 Å². The number of para-hydroxylation sites is 1. The van der Waals surface area contributed by atoms with E-state index in [1.807, 2.05) is 113 Å². The molecule has 0 bridgehead atoms. The number of hydrogen-bond donors (Lipinski definition) is 1. The molecule has 0 heterocycles. The van der Waals surface area contributed by atoms with Crippen molar-refractivity contribution in [2.24, 2.45) is 0 Å². The largest absolute Gasteiger partial charge is 0.484 e. The Balaban J connectivity index is 1.94. The molecule has 0 radical (unpaired) electrons. The van der Waals surface area contributed by atoms with E-state index in [0.29, 0.717) is 18.7 Å². The molecule has 0 saturated heterocycles. The van der Waals surface area contributed by atoms with Crippen LogP contribution in [0.5, 0.6) is 5.75 Å². The fraction of sp³-hybridized carbons (Fsp3) is 0.333. The molecule has 0 aliphatic rings. The summed E-state index contributed by atoms with van der Waals surface area (Å²) in [4.78, 5) is 28.8. The summed E-state index contributed by atoms with van der Waals surface area (Å²) < 4.78 is 5.90. The van der Waals surface area contributed by atoms with Crippen LogP contribution in [0.4, 0.5) is 0 Å². The Bertz CT molecular complexity index is 1140. The predicted octanol–water partition coefficient (Wildman–Crippen LogP) is 5.24. The summed E-state index contributed by atoms with van der Waals surface area (Å²) in [7, 11) is 0. The number of carbonyl (C=O) groups excluding carboxylic acids is 2. The minimum atomic E-state index is -0.690. The number of hydrogen-bond acceptors (Lipinski definition) is 3. The number of benzene rings is 3. The number of rotatable bonds is 9. The molecule has 0 aromatic heterocycles. The van der Waals surface area contributed by atoms with Crippen molar-refractivity contribution in [3.63, 3.8) is 0 Å². The predicted molar refractivity (Wildman–Crippen MR) is 140 cm³/mol. The Morgan fingerprint density at radius 3 is 2.20 bits per heavy atom. The molecule has 1 atom stereocenters. The molecule has 2 amide bonds. The average Bonchev–Trinajstić information content (AvgIpc) is 2.80. The van der Waals surface area contributed by atoms with E-state index in [1.54, 1.807) is 4.90 Å². The van der Waals surface area contributed by atoms with E-state index in [9.17, 15) is 9.59 Å². The van der Waals surface area contributed by atoms with Crippen molar-refractivity contribution in [2.75, 3.05) is 6.61 Å². The van der Waals surface area contributed by atoms with Gasteiger partial charge in [-0.1, -0.05) is 78.4 Å². The van der Waals surface area contributed by atoms with Gasteiger partial charge in [0.2, 0.25) is 5.91 Å². The van der Waals surface area contributed by atoms with Crippen LogP contribution in [0, 0.1) is 13.8 Å². The van der Waals surface area contributed by atoms with Gasteiger partial charge >= 0.3 is 0 Å². The summed E-state index contributed by atoms with van der Waals surface area (Å²) in [6.45, 7) is 9.96. The average molecular weight is 473 g/mol. The molecule has 184 valence electrons. The number of nitrogens with one attached hydrogen (secondary N) is 1. The number of amides is 2. The maximum atomic E-state index is 13.6. The maximum Gasteiger partial charge on any atom is 0.261 e. The lowest BCUT2D eigenvalue weighted by molar-refractivity contribution is -0.143. The summed E-state index contributed by atoms with van der Waals surface area (Å²) in [6.07, 6.45) is 0.407. The van der Waals surface area contributed by atoms with Crippen molar-refractivity contribution in [1.82, 2.24) is 10.2 Å². The monoisotopic (exact) mass is 472 g/mol. The van der Waals surface area contributed by atoms with E-state index in [0.717, 1.165) is 22.3 Å². The summed E-state index contributed by atoms with van der Waals surface area (Å²) in [5.74, 6) is 0.244. The van der Waals surface area contributed by atoms with Crippen molar-refractivity contribution in [3.8, 4) is 5.75 Å². The van der Waals surface area contributed by atoms with E-state index in [2.05, 4.69) is 5.32 Å². The summed E-state index contributed by atoms with van der Waals surface area (Å²) in [5, 5.41) is 3.08. The van der Waals surface area contributed by atoms with Gasteiger partial charge < -0.3 is 15.0 Å². The maximum absolute atomic E-state index is 13.6. The van der Waals surface area contributed by atoms with Crippen molar-refractivity contribution in [1.29, 1.82) is 0 Å². The molecule has 3 aromatic carbocycles. The molecule has 0 saturated carbocycles. The minimum Gasteiger partial charge on any atom is -0.484 e. The number of ether oxygens (including phenoxy) is 1. The Morgan fingerprint density at radius 2 is 1.54 bits per heavy atom. The van der Waals surface area contributed by atoms with Crippen molar-refractivity contribution < 1.29 is 14.3 Å². The molecular weight excluding hydrogens is 436 g/mol. The Morgan fingerprint density at radius 1 is 0.886 bits per heavy atom. The molecule has 1 N–H and O–H groups in total. The zero-order valence-electron chi connectivity index (χ0n) is 21.4. The zero-order valence-corrected chi connectivity index (χ0v) is 21.4. The number of nitrogens with zero attached hydrogens (tertiary/aromatic N) is 1. The Labute approximate surface area is 209 Å². The lowest BCUT2D eigenvalue weighted by Crippen LogP contribution is -2.55. The molecular formula is C30H36N2O3. The van der Waals surface area contributed by atoms with E-state index >= 15 is 0 Å². The Kier molecular flexibility index (Phi) is 8.69. The smallest absolute Gasteiger partial charge is 0.261 e. The van der Waals surface area contributed by atoms with Crippen LogP contribution in [0.15, 0.2) is 78.9 Å². The Hall–Kier alpha value is -3.60. The first kappa shape index (κ1) is 26.0. The first-order valence-electron chi connectivity index (χ1n) is 12.0. The van der Waals surface area contributed by atoms with Gasteiger partial charge in [-0.05, 0) is 57.4 Å². The van der Waals surface area contributed by atoms with Crippen LogP contribution in [-0.4, -0.2) is 34.9 Å². The molecule has 0 unspecified atom stereocenters. The minimum absolute atomic E-state index is 0.148. The van der Waals surface area contributed by atoms with Crippen LogP contribution >= 0.6 is 0 Å². The molecule has 5 heteroatoms. The van der Waals surface area contributed by atoms with Gasteiger partial charge in [-0.2, -0.15) is 0 Å². The normalized spacial score (nSPS) is 12.0.